The van der Waals surface area contributed by atoms with Gasteiger partial charge in [-0.2, -0.15) is 0 Å². The number of carbonyl (C=O) groups excluding carboxylic acids is 1. The van der Waals surface area contributed by atoms with Crippen molar-refractivity contribution in [2.45, 2.75) is 25.9 Å². The van der Waals surface area contributed by atoms with E-state index in [1.807, 2.05) is 6.92 Å². The van der Waals surface area contributed by atoms with E-state index in [1.54, 1.807) is 31.6 Å². The summed E-state index contributed by atoms with van der Waals surface area (Å²) in [5, 5.41) is 6.17. The van der Waals surface area contributed by atoms with E-state index < -0.39 is 0 Å². The lowest BCUT2D eigenvalue weighted by Crippen LogP contribution is -2.48. The average Bonchev–Trinajstić information content (AvgIpc) is 2.63. The molecule has 0 saturated carbocycles. The fourth-order valence-corrected chi connectivity index (χ4v) is 2.75. The van der Waals surface area contributed by atoms with Gasteiger partial charge in [0.2, 0.25) is 0 Å². The minimum atomic E-state index is -0.114. The van der Waals surface area contributed by atoms with Crippen molar-refractivity contribution in [3.8, 4) is 0 Å². The number of nitrogens with zero attached hydrogens (tertiary/aromatic N) is 3. The van der Waals surface area contributed by atoms with Crippen LogP contribution in [0.15, 0.2) is 29.5 Å². The third-order valence-corrected chi connectivity index (χ3v) is 3.97. The normalized spacial score (nSPS) is 16.1. The Hall–Kier alpha value is -2.15. The van der Waals surface area contributed by atoms with E-state index in [4.69, 9.17) is 4.74 Å². The Morgan fingerprint density at radius 1 is 1.38 bits per heavy atom. The molecular weight excluding hydrogens is 306 g/mol. The average molecular weight is 333 g/mol. The highest BCUT2D eigenvalue weighted by Gasteiger charge is 2.21. The number of hydrogen-bond donors (Lipinski definition) is 2. The molecule has 0 spiro atoms. The molecule has 0 aliphatic carbocycles. The molecule has 2 N–H and O–H groups in total. The van der Waals surface area contributed by atoms with Crippen LogP contribution in [-0.2, 0) is 4.74 Å². The smallest absolute Gasteiger partial charge is 0.252 e. The Kier molecular flexibility index (Phi) is 7.48. The maximum atomic E-state index is 11.9. The second-order valence-corrected chi connectivity index (χ2v) is 5.61. The van der Waals surface area contributed by atoms with Crippen LogP contribution in [0.3, 0.4) is 0 Å². The van der Waals surface area contributed by atoms with E-state index in [9.17, 15) is 4.79 Å². The Balaban J connectivity index is 1.68. The molecule has 1 aromatic rings. The molecule has 0 radical (unpaired) electrons. The van der Waals surface area contributed by atoms with Crippen LogP contribution in [-0.4, -0.2) is 67.7 Å². The summed E-state index contributed by atoms with van der Waals surface area (Å²) in [7, 11) is 1.78. The number of likely N-dealkylation sites (tertiary alicyclic amines) is 1. The number of ether oxygens (including phenoxy) is 1. The van der Waals surface area contributed by atoms with Crippen LogP contribution in [0.4, 0.5) is 0 Å². The van der Waals surface area contributed by atoms with Crippen LogP contribution in [0.5, 0.6) is 0 Å². The molecule has 1 saturated heterocycles. The molecule has 1 aliphatic heterocycles. The summed E-state index contributed by atoms with van der Waals surface area (Å²) in [6.07, 6.45) is 5.61. The van der Waals surface area contributed by atoms with Crippen molar-refractivity contribution in [2.75, 3.05) is 39.8 Å². The van der Waals surface area contributed by atoms with Crippen LogP contribution in [0, 0.1) is 0 Å². The maximum absolute atomic E-state index is 11.9. The third kappa shape index (κ3) is 5.49. The summed E-state index contributed by atoms with van der Waals surface area (Å²) < 4.78 is 5.67. The van der Waals surface area contributed by atoms with Gasteiger partial charge in [0.05, 0.1) is 11.7 Å². The first-order valence-corrected chi connectivity index (χ1v) is 8.50. The highest BCUT2D eigenvalue weighted by atomic mass is 16.5. The van der Waals surface area contributed by atoms with Gasteiger partial charge in [0.15, 0.2) is 5.96 Å². The highest BCUT2D eigenvalue weighted by molar-refractivity contribution is 5.93. The molecule has 2 heterocycles. The number of carbonyl (C=O) groups is 1. The summed E-state index contributed by atoms with van der Waals surface area (Å²) in [6, 6.07) is 3.50. The molecule has 0 aromatic carbocycles. The van der Waals surface area contributed by atoms with Crippen molar-refractivity contribution in [2.24, 2.45) is 4.99 Å². The van der Waals surface area contributed by atoms with Crippen molar-refractivity contribution in [3.63, 3.8) is 0 Å². The van der Waals surface area contributed by atoms with Gasteiger partial charge in [-0.3, -0.25) is 14.8 Å². The standard InChI is InChI=1S/C17H27N5O2/c1-3-24-15-6-11-22(12-7-15)17(18-2)21-10-9-20-16(23)14-5-4-8-19-13-14/h4-5,8,13,15H,3,6-7,9-12H2,1-2H3,(H,18,21)(H,20,23). The van der Waals surface area contributed by atoms with E-state index in [-0.39, 0.29) is 5.91 Å². The molecule has 0 unspecified atom stereocenters. The summed E-state index contributed by atoms with van der Waals surface area (Å²) >= 11 is 0. The summed E-state index contributed by atoms with van der Waals surface area (Å²) in [4.78, 5) is 22.4. The van der Waals surface area contributed by atoms with Crippen LogP contribution >= 0.6 is 0 Å². The molecule has 0 bridgehead atoms. The van der Waals surface area contributed by atoms with Gasteiger partial charge in [0.1, 0.15) is 0 Å². The molecule has 7 nitrogen and oxygen atoms in total. The van der Waals surface area contributed by atoms with E-state index >= 15 is 0 Å². The predicted molar refractivity (Wildman–Crippen MR) is 94.2 cm³/mol. The fraction of sp³-hybridized carbons (Fsp3) is 0.588. The molecule has 1 fully saturated rings. The van der Waals surface area contributed by atoms with Gasteiger partial charge in [-0.15, -0.1) is 0 Å². The number of amides is 1. The van der Waals surface area contributed by atoms with Gasteiger partial charge in [-0.1, -0.05) is 0 Å². The first-order chi connectivity index (χ1) is 11.7. The molecule has 7 heteroatoms. The number of nitrogens with one attached hydrogen (secondary N) is 2. The molecule has 0 atom stereocenters. The zero-order chi connectivity index (χ0) is 17.2. The van der Waals surface area contributed by atoms with Gasteiger partial charge in [0.25, 0.3) is 5.91 Å². The second kappa shape index (κ2) is 9.87. The Labute approximate surface area is 143 Å². The summed E-state index contributed by atoms with van der Waals surface area (Å²) in [5.74, 6) is 0.762. The largest absolute Gasteiger partial charge is 0.378 e. The molecule has 2 rings (SSSR count). The maximum Gasteiger partial charge on any atom is 0.252 e. The lowest BCUT2D eigenvalue weighted by Gasteiger charge is -2.34. The van der Waals surface area contributed by atoms with Gasteiger partial charge in [-0.05, 0) is 31.9 Å². The van der Waals surface area contributed by atoms with Gasteiger partial charge in [-0.25, -0.2) is 0 Å². The van der Waals surface area contributed by atoms with Crippen molar-refractivity contribution in [3.05, 3.63) is 30.1 Å². The number of pyridine rings is 1. The lowest BCUT2D eigenvalue weighted by molar-refractivity contribution is 0.0264. The number of rotatable bonds is 6. The third-order valence-electron chi connectivity index (χ3n) is 3.97. The monoisotopic (exact) mass is 333 g/mol. The van der Waals surface area contributed by atoms with Crippen molar-refractivity contribution >= 4 is 11.9 Å². The first-order valence-electron chi connectivity index (χ1n) is 8.50. The van der Waals surface area contributed by atoms with Crippen LogP contribution in [0.1, 0.15) is 30.1 Å². The SMILES string of the molecule is CCOC1CCN(C(=NC)NCCNC(=O)c2cccnc2)CC1. The molecule has 132 valence electrons. The Bertz CT molecular complexity index is 527. The minimum absolute atomic E-state index is 0.114. The number of hydrogen-bond acceptors (Lipinski definition) is 4. The Morgan fingerprint density at radius 2 is 2.12 bits per heavy atom. The van der Waals surface area contributed by atoms with E-state index in [1.165, 1.54) is 0 Å². The molecule has 1 amide bonds. The molecule has 24 heavy (non-hydrogen) atoms. The summed E-state index contributed by atoms with van der Waals surface area (Å²) in [5.41, 5.74) is 0.569. The quantitative estimate of drug-likeness (QED) is 0.459. The van der Waals surface area contributed by atoms with Gasteiger partial charge < -0.3 is 20.3 Å². The van der Waals surface area contributed by atoms with E-state index in [0.29, 0.717) is 24.8 Å². The zero-order valence-electron chi connectivity index (χ0n) is 14.5. The zero-order valence-corrected chi connectivity index (χ0v) is 14.5. The number of aliphatic imine (C=N–C) groups is 1. The number of piperidine rings is 1. The second-order valence-electron chi connectivity index (χ2n) is 5.61. The number of aromatic nitrogens is 1. The van der Waals surface area contributed by atoms with Gasteiger partial charge in [0, 0.05) is 52.2 Å². The molecular formula is C17H27N5O2. The minimum Gasteiger partial charge on any atom is -0.378 e. The lowest BCUT2D eigenvalue weighted by atomic mass is 10.1. The highest BCUT2D eigenvalue weighted by Crippen LogP contribution is 2.13. The number of guanidine groups is 1. The fourth-order valence-electron chi connectivity index (χ4n) is 2.75. The summed E-state index contributed by atoms with van der Waals surface area (Å²) in [6.45, 7) is 5.84. The molecule has 1 aliphatic rings. The predicted octanol–water partition coefficient (Wildman–Crippen LogP) is 0.888. The van der Waals surface area contributed by atoms with Crippen LogP contribution in [0.25, 0.3) is 0 Å². The van der Waals surface area contributed by atoms with E-state index in [0.717, 1.165) is 38.5 Å². The van der Waals surface area contributed by atoms with Crippen LogP contribution in [0.2, 0.25) is 0 Å². The van der Waals surface area contributed by atoms with Gasteiger partial charge >= 0.3 is 0 Å². The van der Waals surface area contributed by atoms with Crippen molar-refractivity contribution in [1.29, 1.82) is 0 Å². The van der Waals surface area contributed by atoms with E-state index in [2.05, 4.69) is 25.5 Å². The van der Waals surface area contributed by atoms with Crippen LogP contribution < -0.4 is 10.6 Å². The first kappa shape index (κ1) is 18.2. The van der Waals surface area contributed by atoms with Crippen molar-refractivity contribution in [1.82, 2.24) is 20.5 Å². The Morgan fingerprint density at radius 3 is 2.75 bits per heavy atom. The molecule has 1 aromatic heterocycles. The topological polar surface area (TPSA) is 78.9 Å². The van der Waals surface area contributed by atoms with Crippen molar-refractivity contribution < 1.29 is 9.53 Å².